The summed E-state index contributed by atoms with van der Waals surface area (Å²) in [4.78, 5) is 13.6. The van der Waals surface area contributed by atoms with E-state index >= 15 is 0 Å². The molecule has 5 nitrogen and oxygen atoms in total. The molecule has 0 spiro atoms. The molecule has 0 atom stereocenters. The quantitative estimate of drug-likeness (QED) is 0.471. The Labute approximate surface area is 146 Å². The highest BCUT2D eigenvalue weighted by Crippen LogP contribution is 2.14. The third-order valence-electron chi connectivity index (χ3n) is 4.14. The molecule has 1 aliphatic heterocycles. The molecule has 2 aromatic rings. The van der Waals surface area contributed by atoms with Crippen LogP contribution in [0.4, 0.5) is 5.69 Å². The summed E-state index contributed by atoms with van der Waals surface area (Å²) in [6.07, 6.45) is 4.08. The third kappa shape index (κ3) is 4.72. The van der Waals surface area contributed by atoms with Crippen molar-refractivity contribution < 1.29 is 14.4 Å². The second-order valence-electron chi connectivity index (χ2n) is 6.03. The Hall–Kier alpha value is -2.05. The zero-order valence-electron chi connectivity index (χ0n) is 13.5. The van der Waals surface area contributed by atoms with Crippen molar-refractivity contribution in [2.24, 2.45) is 0 Å². The fourth-order valence-electron chi connectivity index (χ4n) is 2.91. The fraction of sp³-hybridized carbons (Fsp3) is 0.333. The van der Waals surface area contributed by atoms with Crippen molar-refractivity contribution in [1.29, 1.82) is 0 Å². The van der Waals surface area contributed by atoms with Gasteiger partial charge in [-0.1, -0.05) is 12.1 Å². The van der Waals surface area contributed by atoms with E-state index < -0.39 is 0 Å². The number of hydrogen-bond acceptors (Lipinski definition) is 3. The Morgan fingerprint density at radius 3 is 2.62 bits per heavy atom. The van der Waals surface area contributed by atoms with Crippen LogP contribution in [0.15, 0.2) is 53.7 Å². The number of amides is 1. The highest BCUT2D eigenvalue weighted by atomic mass is 32.2. The minimum absolute atomic E-state index is 0.109. The maximum atomic E-state index is 12.0. The molecule has 1 aliphatic rings. The van der Waals surface area contributed by atoms with Gasteiger partial charge in [-0.25, -0.2) is 0 Å². The van der Waals surface area contributed by atoms with Crippen LogP contribution < -0.4 is 14.9 Å². The van der Waals surface area contributed by atoms with Gasteiger partial charge in [0.2, 0.25) is 5.91 Å². The third-order valence-corrected chi connectivity index (χ3v) is 5.16. The zero-order valence-corrected chi connectivity index (χ0v) is 14.3. The van der Waals surface area contributed by atoms with Crippen molar-refractivity contribution in [3.8, 4) is 0 Å². The number of anilines is 1. The Morgan fingerprint density at radius 1 is 1.17 bits per heavy atom. The normalized spacial score (nSPS) is 14.7. The molecule has 1 fully saturated rings. The average molecular weight is 344 g/mol. The first kappa shape index (κ1) is 16.8. The van der Waals surface area contributed by atoms with E-state index in [1.807, 2.05) is 12.1 Å². The SMILES string of the molecule is O=C(CSc1cccc[n+]1[O-])Nc1ccc(C[NH+]2CCCC2)cc1. The van der Waals surface area contributed by atoms with Gasteiger partial charge in [-0.2, -0.15) is 4.73 Å². The molecule has 3 rings (SSSR count). The van der Waals surface area contributed by atoms with Gasteiger partial charge in [-0.3, -0.25) is 4.79 Å². The smallest absolute Gasteiger partial charge is 0.251 e. The topological polar surface area (TPSA) is 60.5 Å². The van der Waals surface area contributed by atoms with Crippen molar-refractivity contribution >= 4 is 23.4 Å². The molecule has 0 unspecified atom stereocenters. The summed E-state index contributed by atoms with van der Waals surface area (Å²) in [6.45, 7) is 3.57. The van der Waals surface area contributed by atoms with Crippen LogP contribution in [0, 0.1) is 5.21 Å². The summed E-state index contributed by atoms with van der Waals surface area (Å²) < 4.78 is 0.771. The van der Waals surface area contributed by atoms with E-state index in [-0.39, 0.29) is 11.7 Å². The van der Waals surface area contributed by atoms with E-state index in [1.54, 1.807) is 23.1 Å². The maximum absolute atomic E-state index is 12.0. The van der Waals surface area contributed by atoms with Crippen molar-refractivity contribution in [3.05, 3.63) is 59.4 Å². The summed E-state index contributed by atoms with van der Waals surface area (Å²) in [5.74, 6) is 0.105. The average Bonchev–Trinajstić information content (AvgIpc) is 3.09. The van der Waals surface area contributed by atoms with Gasteiger partial charge in [0.1, 0.15) is 6.54 Å². The Bertz CT molecular complexity index is 685. The predicted molar refractivity (Wildman–Crippen MR) is 94.8 cm³/mol. The molecule has 1 aromatic carbocycles. The Kier molecular flexibility index (Phi) is 5.72. The molecular formula is C18H22N3O2S+. The number of benzene rings is 1. The lowest BCUT2D eigenvalue weighted by Crippen LogP contribution is -3.08. The molecule has 1 aromatic heterocycles. The number of carbonyl (C=O) groups is 1. The molecule has 6 heteroatoms. The van der Waals surface area contributed by atoms with Gasteiger partial charge in [-0.15, -0.1) is 0 Å². The van der Waals surface area contributed by atoms with Crippen LogP contribution in [0.1, 0.15) is 18.4 Å². The summed E-state index contributed by atoms with van der Waals surface area (Å²) in [7, 11) is 0. The minimum Gasteiger partial charge on any atom is -0.618 e. The van der Waals surface area contributed by atoms with E-state index in [1.165, 1.54) is 49.5 Å². The standard InChI is InChI=1S/C18H21N3O2S/c22-17(14-24-18-5-1-2-12-21(18)23)19-16-8-6-15(7-9-16)13-20-10-3-4-11-20/h1-2,5-9,12H,3-4,10-11,13-14H2,(H,19,22)/p+1. The first-order chi connectivity index (χ1) is 11.7. The van der Waals surface area contributed by atoms with E-state index in [9.17, 15) is 10.0 Å². The molecular weight excluding hydrogens is 322 g/mol. The van der Waals surface area contributed by atoms with Crippen LogP contribution >= 0.6 is 11.8 Å². The molecule has 0 aliphatic carbocycles. The lowest BCUT2D eigenvalue weighted by atomic mass is 10.2. The fourth-order valence-corrected chi connectivity index (χ4v) is 3.62. The number of rotatable bonds is 6. The number of thioether (sulfide) groups is 1. The number of aromatic nitrogens is 1. The van der Waals surface area contributed by atoms with E-state index in [4.69, 9.17) is 0 Å². The minimum atomic E-state index is -0.109. The number of likely N-dealkylation sites (tertiary alicyclic amines) is 1. The molecule has 126 valence electrons. The maximum Gasteiger partial charge on any atom is 0.251 e. The first-order valence-corrected chi connectivity index (χ1v) is 9.22. The molecule has 2 heterocycles. The van der Waals surface area contributed by atoms with Crippen molar-refractivity contribution in [3.63, 3.8) is 0 Å². The highest BCUT2D eigenvalue weighted by molar-refractivity contribution is 7.99. The molecule has 0 saturated carbocycles. The van der Waals surface area contributed by atoms with Gasteiger partial charge in [0.05, 0.1) is 18.8 Å². The number of carbonyl (C=O) groups excluding carboxylic acids is 1. The molecule has 1 saturated heterocycles. The number of nitrogens with zero attached hydrogens (tertiary/aromatic N) is 1. The Morgan fingerprint density at radius 2 is 1.92 bits per heavy atom. The summed E-state index contributed by atoms with van der Waals surface area (Å²) in [6, 6.07) is 13.2. The molecule has 0 radical (unpaired) electrons. The van der Waals surface area contributed by atoms with Gasteiger partial charge in [0, 0.05) is 36.2 Å². The predicted octanol–water partition coefficient (Wildman–Crippen LogP) is 1.23. The Balaban J connectivity index is 1.48. The van der Waals surface area contributed by atoms with Crippen LogP contribution in [0.3, 0.4) is 0 Å². The molecule has 1 amide bonds. The van der Waals surface area contributed by atoms with E-state index in [0.29, 0.717) is 5.03 Å². The van der Waals surface area contributed by atoms with Gasteiger partial charge < -0.3 is 15.4 Å². The number of quaternary nitrogens is 1. The van der Waals surface area contributed by atoms with Crippen molar-refractivity contribution in [1.82, 2.24) is 0 Å². The van der Waals surface area contributed by atoms with Crippen LogP contribution in [-0.4, -0.2) is 24.7 Å². The van der Waals surface area contributed by atoms with Crippen molar-refractivity contribution in [2.75, 3.05) is 24.2 Å². The highest BCUT2D eigenvalue weighted by Gasteiger charge is 2.15. The monoisotopic (exact) mass is 344 g/mol. The van der Waals surface area contributed by atoms with Gasteiger partial charge in [0.25, 0.3) is 5.03 Å². The first-order valence-electron chi connectivity index (χ1n) is 8.24. The van der Waals surface area contributed by atoms with E-state index in [0.717, 1.165) is 17.0 Å². The second kappa shape index (κ2) is 8.17. The summed E-state index contributed by atoms with van der Waals surface area (Å²) in [5, 5.41) is 14.9. The molecule has 24 heavy (non-hydrogen) atoms. The number of nitrogens with one attached hydrogen (secondary N) is 2. The van der Waals surface area contributed by atoms with Crippen LogP contribution in [-0.2, 0) is 11.3 Å². The van der Waals surface area contributed by atoms with Gasteiger partial charge in [0.15, 0.2) is 6.20 Å². The molecule has 2 N–H and O–H groups in total. The summed E-state index contributed by atoms with van der Waals surface area (Å²) in [5.41, 5.74) is 2.10. The van der Waals surface area contributed by atoms with Crippen LogP contribution in [0.5, 0.6) is 0 Å². The lowest BCUT2D eigenvalue weighted by Gasteiger charge is -2.12. The lowest BCUT2D eigenvalue weighted by molar-refractivity contribution is -0.901. The van der Waals surface area contributed by atoms with Crippen LogP contribution in [0.2, 0.25) is 0 Å². The van der Waals surface area contributed by atoms with Gasteiger partial charge >= 0.3 is 0 Å². The van der Waals surface area contributed by atoms with Crippen molar-refractivity contribution in [2.45, 2.75) is 24.4 Å². The number of hydrogen-bond donors (Lipinski definition) is 2. The van der Waals surface area contributed by atoms with Crippen LogP contribution in [0.25, 0.3) is 0 Å². The van der Waals surface area contributed by atoms with Gasteiger partial charge in [-0.05, 0) is 30.0 Å². The number of pyridine rings is 1. The largest absolute Gasteiger partial charge is 0.618 e. The molecule has 0 bridgehead atoms. The summed E-state index contributed by atoms with van der Waals surface area (Å²) >= 11 is 1.23. The zero-order chi connectivity index (χ0) is 16.8. The van der Waals surface area contributed by atoms with E-state index in [2.05, 4.69) is 17.4 Å². The second-order valence-corrected chi connectivity index (χ2v) is 7.03.